The summed E-state index contributed by atoms with van der Waals surface area (Å²) < 4.78 is 28.1. The molecule has 0 aliphatic rings. The smallest absolute Gasteiger partial charge is 0.199 e. The molecular weight excluding hydrogens is 292 g/mol. The van der Waals surface area contributed by atoms with Gasteiger partial charge in [-0.2, -0.15) is 13.4 Å². The maximum absolute atomic E-state index is 12.2. The van der Waals surface area contributed by atoms with E-state index in [-0.39, 0.29) is 10.7 Å². The van der Waals surface area contributed by atoms with Crippen LogP contribution >= 0.6 is 12.2 Å². The fraction of sp³-hybridized carbons (Fsp3) is 0. The first-order chi connectivity index (χ1) is 9.63. The number of amidine groups is 1. The highest BCUT2D eigenvalue weighted by molar-refractivity contribution is 7.90. The zero-order valence-electron chi connectivity index (χ0n) is 10.3. The molecule has 0 amide bonds. The molecule has 0 unspecified atom stereocenters. The Morgan fingerprint density at radius 2 is 1.50 bits per heavy atom. The van der Waals surface area contributed by atoms with E-state index in [1.54, 1.807) is 42.5 Å². The van der Waals surface area contributed by atoms with Gasteiger partial charge in [0, 0.05) is 5.56 Å². The molecule has 0 aromatic heterocycles. The van der Waals surface area contributed by atoms with E-state index >= 15 is 0 Å². The summed E-state index contributed by atoms with van der Waals surface area (Å²) in [5.74, 6) is 0.0180. The maximum atomic E-state index is 12.2. The summed E-state index contributed by atoms with van der Waals surface area (Å²) in [5, 5.41) is 2.15. The Labute approximate surface area is 122 Å². The molecule has 0 saturated carbocycles. The van der Waals surface area contributed by atoms with E-state index in [4.69, 9.17) is 0 Å². The summed E-state index contributed by atoms with van der Waals surface area (Å²) in [6.45, 7) is 0. The molecule has 2 rings (SSSR count). The zero-order chi connectivity index (χ0) is 14.4. The lowest BCUT2D eigenvalue weighted by molar-refractivity contribution is 0.598. The Morgan fingerprint density at radius 3 is 2.05 bits per heavy atom. The average molecular weight is 302 g/mol. The largest absolute Gasteiger partial charge is 0.284 e. The Balaban J connectivity index is 2.53. The van der Waals surface area contributed by atoms with Crippen LogP contribution in [-0.2, 0) is 10.0 Å². The fourth-order valence-corrected chi connectivity index (χ4v) is 2.59. The van der Waals surface area contributed by atoms with Crippen LogP contribution in [-0.4, -0.2) is 19.4 Å². The number of rotatable bonds is 3. The Bertz CT molecular complexity index is 763. The topological polar surface area (TPSA) is 58.9 Å². The van der Waals surface area contributed by atoms with Gasteiger partial charge in [0.1, 0.15) is 0 Å². The van der Waals surface area contributed by atoms with Crippen LogP contribution in [0.4, 0.5) is 0 Å². The molecule has 6 heteroatoms. The third-order valence-corrected chi connectivity index (χ3v) is 3.80. The molecule has 20 heavy (non-hydrogen) atoms. The number of hydrogen-bond donors (Lipinski definition) is 0. The van der Waals surface area contributed by atoms with Crippen LogP contribution in [0.15, 0.2) is 74.9 Å². The van der Waals surface area contributed by atoms with Crippen molar-refractivity contribution in [2.75, 3.05) is 0 Å². The van der Waals surface area contributed by atoms with E-state index in [0.29, 0.717) is 5.56 Å². The van der Waals surface area contributed by atoms with Gasteiger partial charge >= 0.3 is 0 Å². The van der Waals surface area contributed by atoms with Crippen LogP contribution in [0.2, 0.25) is 0 Å². The standard InChI is InChI=1S/C14H10N2O2S2/c17-20(18,13-9-5-2-6-10-13)16-14(15-11-19)12-7-3-1-4-8-12/h1-10H/b16-14-. The molecule has 0 fully saturated rings. The average Bonchev–Trinajstić information content (AvgIpc) is 2.48. The molecular formula is C14H10N2O2S2. The van der Waals surface area contributed by atoms with Gasteiger partial charge < -0.3 is 0 Å². The SMILES string of the molecule is O=S(=O)(/N=C(\N=C=S)c1ccccc1)c1ccccc1. The van der Waals surface area contributed by atoms with Crippen molar-refractivity contribution in [3.05, 3.63) is 66.2 Å². The number of aliphatic imine (C=N–C) groups is 1. The lowest BCUT2D eigenvalue weighted by Gasteiger charge is -2.01. The molecule has 0 aliphatic carbocycles. The fourth-order valence-electron chi connectivity index (χ4n) is 1.53. The third-order valence-electron chi connectivity index (χ3n) is 2.43. The second-order valence-electron chi connectivity index (χ2n) is 3.77. The summed E-state index contributed by atoms with van der Waals surface area (Å²) in [6.07, 6.45) is 0. The van der Waals surface area contributed by atoms with Crippen LogP contribution in [0.25, 0.3) is 0 Å². The zero-order valence-corrected chi connectivity index (χ0v) is 11.9. The number of isothiocyanates is 1. The minimum absolute atomic E-state index is 0.0180. The van der Waals surface area contributed by atoms with E-state index in [2.05, 4.69) is 26.8 Å². The molecule has 0 aliphatic heterocycles. The Kier molecular flexibility index (Phi) is 4.53. The first kappa shape index (κ1) is 14.3. The van der Waals surface area contributed by atoms with Gasteiger partial charge in [0.2, 0.25) is 0 Å². The number of benzene rings is 2. The van der Waals surface area contributed by atoms with Gasteiger partial charge in [-0.25, -0.2) is 0 Å². The van der Waals surface area contributed by atoms with E-state index in [1.807, 2.05) is 6.07 Å². The van der Waals surface area contributed by atoms with E-state index in [0.717, 1.165) is 0 Å². The normalized spacial score (nSPS) is 11.7. The quantitative estimate of drug-likeness (QED) is 0.497. The van der Waals surface area contributed by atoms with Crippen molar-refractivity contribution in [1.29, 1.82) is 0 Å². The molecule has 0 heterocycles. The van der Waals surface area contributed by atoms with Crippen molar-refractivity contribution in [1.82, 2.24) is 0 Å². The number of sulfonamides is 1. The summed E-state index contributed by atoms with van der Waals surface area (Å²) >= 11 is 4.54. The molecule has 0 spiro atoms. The summed E-state index contributed by atoms with van der Waals surface area (Å²) in [5.41, 5.74) is 0.560. The number of hydrogen-bond acceptors (Lipinski definition) is 3. The minimum Gasteiger partial charge on any atom is -0.199 e. The van der Waals surface area contributed by atoms with Crippen molar-refractivity contribution < 1.29 is 8.42 Å². The minimum atomic E-state index is -3.82. The van der Waals surface area contributed by atoms with Crippen molar-refractivity contribution in [2.24, 2.45) is 9.39 Å². The first-order valence-electron chi connectivity index (χ1n) is 5.67. The molecule has 0 saturated heterocycles. The van der Waals surface area contributed by atoms with Crippen LogP contribution in [0.3, 0.4) is 0 Å². The van der Waals surface area contributed by atoms with E-state index in [1.165, 1.54) is 12.1 Å². The van der Waals surface area contributed by atoms with Gasteiger partial charge in [-0.15, -0.1) is 4.40 Å². The summed E-state index contributed by atoms with van der Waals surface area (Å²) in [4.78, 5) is 3.85. The lowest BCUT2D eigenvalue weighted by Crippen LogP contribution is -2.04. The van der Waals surface area contributed by atoms with Gasteiger partial charge in [0.15, 0.2) is 5.84 Å². The van der Waals surface area contributed by atoms with Crippen LogP contribution in [0, 0.1) is 0 Å². The molecule has 0 atom stereocenters. The van der Waals surface area contributed by atoms with Gasteiger partial charge in [-0.1, -0.05) is 48.5 Å². The maximum Gasteiger partial charge on any atom is 0.284 e. The van der Waals surface area contributed by atoms with Crippen molar-refractivity contribution in [2.45, 2.75) is 4.90 Å². The van der Waals surface area contributed by atoms with Crippen LogP contribution in [0.5, 0.6) is 0 Å². The van der Waals surface area contributed by atoms with Crippen molar-refractivity contribution >= 4 is 33.2 Å². The molecule has 2 aromatic carbocycles. The molecule has 4 nitrogen and oxygen atoms in total. The number of thiocarbonyl (C=S) groups is 1. The third kappa shape index (κ3) is 3.45. The van der Waals surface area contributed by atoms with Crippen molar-refractivity contribution in [3.63, 3.8) is 0 Å². The molecule has 2 aromatic rings. The monoisotopic (exact) mass is 302 g/mol. The van der Waals surface area contributed by atoms with Crippen molar-refractivity contribution in [3.8, 4) is 0 Å². The van der Waals surface area contributed by atoms with Crippen LogP contribution in [0.1, 0.15) is 5.56 Å². The Morgan fingerprint density at radius 1 is 0.950 bits per heavy atom. The van der Waals surface area contributed by atoms with Gasteiger partial charge in [-0.3, -0.25) is 0 Å². The van der Waals surface area contributed by atoms with E-state index in [9.17, 15) is 8.42 Å². The molecule has 0 bridgehead atoms. The molecule has 0 N–H and O–H groups in total. The van der Waals surface area contributed by atoms with Gasteiger partial charge in [0.05, 0.1) is 10.1 Å². The Hall–Kier alpha value is -2.14. The highest BCUT2D eigenvalue weighted by Crippen LogP contribution is 2.13. The van der Waals surface area contributed by atoms with E-state index < -0.39 is 10.0 Å². The first-order valence-corrected chi connectivity index (χ1v) is 7.51. The summed E-state index contributed by atoms with van der Waals surface area (Å²) in [7, 11) is -3.82. The highest BCUT2D eigenvalue weighted by Gasteiger charge is 2.14. The highest BCUT2D eigenvalue weighted by atomic mass is 32.2. The second kappa shape index (κ2) is 6.34. The van der Waals surface area contributed by atoms with Gasteiger partial charge in [-0.05, 0) is 24.4 Å². The van der Waals surface area contributed by atoms with Crippen LogP contribution < -0.4 is 0 Å². The molecule has 0 radical (unpaired) electrons. The second-order valence-corrected chi connectivity index (χ2v) is 5.56. The lowest BCUT2D eigenvalue weighted by atomic mass is 10.2. The predicted molar refractivity (Wildman–Crippen MR) is 81.6 cm³/mol. The van der Waals surface area contributed by atoms with Gasteiger partial charge in [0.25, 0.3) is 10.0 Å². The predicted octanol–water partition coefficient (Wildman–Crippen LogP) is 2.92. The molecule has 100 valence electrons. The summed E-state index contributed by atoms with van der Waals surface area (Å²) in [6, 6.07) is 16.7. The number of nitrogens with zero attached hydrogens (tertiary/aromatic N) is 2.